The zero-order valence-corrected chi connectivity index (χ0v) is 20.3. The highest BCUT2D eigenvalue weighted by atomic mass is 35.5. The van der Waals surface area contributed by atoms with Gasteiger partial charge < -0.3 is 23.8 Å². The largest absolute Gasteiger partial charge is 0.486 e. The van der Waals surface area contributed by atoms with E-state index in [0.717, 1.165) is 66.7 Å². The molecule has 2 aromatic carbocycles. The monoisotopic (exact) mass is 478 g/mol. The van der Waals surface area contributed by atoms with Gasteiger partial charge in [0.25, 0.3) is 0 Å². The van der Waals surface area contributed by atoms with Crippen LogP contribution in [0.3, 0.4) is 0 Å². The second-order valence-electron chi connectivity index (χ2n) is 7.79. The van der Waals surface area contributed by atoms with E-state index >= 15 is 0 Å². The number of halogens is 1. The molecule has 0 spiro atoms. The van der Waals surface area contributed by atoms with Crippen LogP contribution in [0.5, 0.6) is 23.0 Å². The van der Waals surface area contributed by atoms with Gasteiger partial charge >= 0.3 is 0 Å². The molecule has 0 atom stereocenters. The number of fused-ring (bicyclic) bond motifs is 2. The normalized spacial score (nSPS) is 14.4. The number of hydrogen-bond acceptors (Lipinski definition) is 7. The fourth-order valence-electron chi connectivity index (χ4n) is 3.82. The van der Waals surface area contributed by atoms with Crippen LogP contribution < -0.4 is 18.9 Å². The quantitative estimate of drug-likeness (QED) is 0.313. The van der Waals surface area contributed by atoms with Gasteiger partial charge in [-0.15, -0.1) is 0 Å². The van der Waals surface area contributed by atoms with Crippen molar-refractivity contribution >= 4 is 23.5 Å². The maximum Gasteiger partial charge on any atom is 0.231 e. The van der Waals surface area contributed by atoms with Gasteiger partial charge in [-0.1, -0.05) is 25.4 Å². The summed E-state index contributed by atoms with van der Waals surface area (Å²) in [4.78, 5) is 3.59. The first-order valence-corrected chi connectivity index (χ1v) is 12.4. The molecule has 0 N–H and O–H groups in total. The van der Waals surface area contributed by atoms with Gasteiger partial charge in [0, 0.05) is 29.1 Å². The minimum Gasteiger partial charge on any atom is -0.486 e. The van der Waals surface area contributed by atoms with E-state index in [2.05, 4.69) is 35.2 Å². The lowest BCUT2D eigenvalue weighted by Crippen LogP contribution is -2.25. The molecule has 0 radical (unpaired) electrons. The minimum atomic E-state index is 0.246. The molecule has 0 amide bonds. The molecule has 0 bridgehead atoms. The number of hydrogen-bond donors (Lipinski definition) is 0. The Morgan fingerprint density at radius 3 is 2.31 bits per heavy atom. The smallest absolute Gasteiger partial charge is 0.231 e. The lowest BCUT2D eigenvalue weighted by atomic mass is 10.2. The fraction of sp³-hybridized carbons (Fsp3) is 0.500. The summed E-state index contributed by atoms with van der Waals surface area (Å²) in [5.74, 6) is 3.09. The molecule has 4 rings (SSSR count). The molecule has 8 heteroatoms. The third-order valence-electron chi connectivity index (χ3n) is 5.66. The number of nitrogens with zero attached hydrogens (tertiary/aromatic N) is 2. The molecule has 0 aromatic heterocycles. The van der Waals surface area contributed by atoms with E-state index in [0.29, 0.717) is 30.5 Å². The van der Waals surface area contributed by atoms with Crippen molar-refractivity contribution in [3.05, 3.63) is 40.9 Å². The zero-order chi connectivity index (χ0) is 22.3. The highest BCUT2D eigenvalue weighted by Gasteiger charge is 2.19. The van der Waals surface area contributed by atoms with Crippen LogP contribution in [0.1, 0.15) is 32.3 Å². The molecule has 6 nitrogen and oxygen atoms in total. The second-order valence-corrected chi connectivity index (χ2v) is 9.37. The van der Waals surface area contributed by atoms with Gasteiger partial charge in [0.05, 0.1) is 0 Å². The Morgan fingerprint density at radius 1 is 0.844 bits per heavy atom. The molecule has 0 saturated heterocycles. The van der Waals surface area contributed by atoms with Gasteiger partial charge in [0.1, 0.15) is 13.2 Å². The Balaban J connectivity index is 1.45. The van der Waals surface area contributed by atoms with Crippen LogP contribution >= 0.6 is 23.5 Å². The first-order chi connectivity index (χ1) is 15.7. The summed E-state index contributed by atoms with van der Waals surface area (Å²) in [7, 11) is 0. The average molecular weight is 479 g/mol. The Hall–Kier alpha value is -1.80. The summed E-state index contributed by atoms with van der Waals surface area (Å²) in [5.41, 5.74) is 1.03. The zero-order valence-electron chi connectivity index (χ0n) is 18.8. The van der Waals surface area contributed by atoms with E-state index in [-0.39, 0.29) is 6.79 Å². The third kappa shape index (κ3) is 5.95. The molecule has 32 heavy (non-hydrogen) atoms. The second kappa shape index (κ2) is 11.4. The SMILES string of the molecule is CCN(CC)CCCCN(Cc1cc2c(cc1Cl)OCO2)Sc1ccc2c(c1)OCCO2. The van der Waals surface area contributed by atoms with Gasteiger partial charge in [0.15, 0.2) is 23.0 Å². The maximum atomic E-state index is 6.58. The van der Waals surface area contributed by atoms with E-state index in [1.807, 2.05) is 18.2 Å². The van der Waals surface area contributed by atoms with Crippen molar-refractivity contribution < 1.29 is 18.9 Å². The van der Waals surface area contributed by atoms with Crippen LogP contribution in [0.15, 0.2) is 35.2 Å². The molecule has 2 aliphatic rings. The fourth-order valence-corrected chi connectivity index (χ4v) is 5.04. The molecule has 174 valence electrons. The van der Waals surface area contributed by atoms with Crippen LogP contribution in [-0.2, 0) is 6.54 Å². The molecule has 0 saturated carbocycles. The van der Waals surface area contributed by atoms with Gasteiger partial charge in [-0.3, -0.25) is 0 Å². The summed E-state index contributed by atoms with van der Waals surface area (Å²) in [5, 5.41) is 0.699. The minimum absolute atomic E-state index is 0.246. The van der Waals surface area contributed by atoms with Crippen molar-refractivity contribution in [1.82, 2.24) is 9.21 Å². The highest BCUT2D eigenvalue weighted by molar-refractivity contribution is 7.97. The van der Waals surface area contributed by atoms with Crippen LogP contribution in [0.4, 0.5) is 0 Å². The summed E-state index contributed by atoms with van der Waals surface area (Å²) >= 11 is 8.30. The molecular formula is C24H31ClN2O4S. The van der Waals surface area contributed by atoms with Crippen molar-refractivity contribution in [3.63, 3.8) is 0 Å². The molecule has 2 heterocycles. The van der Waals surface area contributed by atoms with Crippen LogP contribution in [-0.4, -0.2) is 55.4 Å². The standard InChI is InChI=1S/C24H31ClN2O4S/c1-3-26(4-2)9-5-6-10-27(16-18-13-22-24(15-20(18)25)31-17-30-22)32-19-7-8-21-23(14-19)29-12-11-28-21/h7-8,13-15H,3-6,9-12,16-17H2,1-2H3. The molecule has 2 aliphatic heterocycles. The predicted molar refractivity (Wildman–Crippen MR) is 128 cm³/mol. The van der Waals surface area contributed by atoms with Gasteiger partial charge in [-0.05, 0) is 74.3 Å². The summed E-state index contributed by atoms with van der Waals surface area (Å²) < 4.78 is 24.8. The summed E-state index contributed by atoms with van der Waals surface area (Å²) in [6.45, 7) is 10.8. The predicted octanol–water partition coefficient (Wildman–Crippen LogP) is 5.47. The lowest BCUT2D eigenvalue weighted by Gasteiger charge is -2.24. The van der Waals surface area contributed by atoms with E-state index in [4.69, 9.17) is 30.5 Å². The molecule has 2 aromatic rings. The van der Waals surface area contributed by atoms with E-state index in [9.17, 15) is 0 Å². The van der Waals surface area contributed by atoms with Gasteiger partial charge in [0.2, 0.25) is 6.79 Å². The van der Waals surface area contributed by atoms with Crippen molar-refractivity contribution in [2.24, 2.45) is 0 Å². The van der Waals surface area contributed by atoms with Gasteiger partial charge in [-0.2, -0.15) is 0 Å². The Labute approximate surface area is 199 Å². The molecule has 0 unspecified atom stereocenters. The number of ether oxygens (including phenoxy) is 4. The topological polar surface area (TPSA) is 43.4 Å². The van der Waals surface area contributed by atoms with Crippen LogP contribution in [0.2, 0.25) is 5.02 Å². The molecular weight excluding hydrogens is 448 g/mol. The average Bonchev–Trinajstić information content (AvgIpc) is 3.26. The van der Waals surface area contributed by atoms with Crippen molar-refractivity contribution in [2.75, 3.05) is 46.2 Å². The first kappa shape index (κ1) is 23.4. The lowest BCUT2D eigenvalue weighted by molar-refractivity contribution is 0.171. The van der Waals surface area contributed by atoms with Crippen LogP contribution in [0.25, 0.3) is 0 Å². The summed E-state index contributed by atoms with van der Waals surface area (Å²) in [6, 6.07) is 9.99. The number of unbranched alkanes of at least 4 members (excludes halogenated alkanes) is 1. The van der Waals surface area contributed by atoms with E-state index in [1.165, 1.54) is 0 Å². The molecule has 0 aliphatic carbocycles. The molecule has 0 fully saturated rings. The Morgan fingerprint density at radius 2 is 1.53 bits per heavy atom. The Kier molecular flexibility index (Phi) is 8.30. The maximum absolute atomic E-state index is 6.58. The number of benzene rings is 2. The third-order valence-corrected chi connectivity index (χ3v) is 7.05. The van der Waals surface area contributed by atoms with Gasteiger partial charge in [-0.25, -0.2) is 4.31 Å². The van der Waals surface area contributed by atoms with E-state index < -0.39 is 0 Å². The van der Waals surface area contributed by atoms with E-state index in [1.54, 1.807) is 11.9 Å². The summed E-state index contributed by atoms with van der Waals surface area (Å²) in [6.07, 6.45) is 2.27. The van der Waals surface area contributed by atoms with Crippen molar-refractivity contribution in [1.29, 1.82) is 0 Å². The number of rotatable bonds is 11. The van der Waals surface area contributed by atoms with Crippen LogP contribution in [0, 0.1) is 0 Å². The first-order valence-electron chi connectivity index (χ1n) is 11.3. The highest BCUT2D eigenvalue weighted by Crippen LogP contribution is 2.39. The van der Waals surface area contributed by atoms with Crippen molar-refractivity contribution in [3.8, 4) is 23.0 Å². The van der Waals surface area contributed by atoms with Crippen molar-refractivity contribution in [2.45, 2.75) is 38.1 Å². The Bertz CT molecular complexity index is 910.